The quantitative estimate of drug-likeness (QED) is 0.708. The Hall–Kier alpha value is -2.92. The summed E-state index contributed by atoms with van der Waals surface area (Å²) in [6.45, 7) is 3.16. The molecule has 4 rings (SSSR count). The van der Waals surface area contributed by atoms with E-state index in [1.807, 2.05) is 12.1 Å². The van der Waals surface area contributed by atoms with Crippen LogP contribution in [0.3, 0.4) is 0 Å². The van der Waals surface area contributed by atoms with Crippen molar-refractivity contribution in [1.82, 2.24) is 14.9 Å². The number of hydrogen-bond donors (Lipinski definition) is 1. The van der Waals surface area contributed by atoms with Crippen molar-refractivity contribution in [2.75, 3.05) is 18.4 Å². The molecule has 3 aromatic rings. The summed E-state index contributed by atoms with van der Waals surface area (Å²) in [6, 6.07) is 21.3. The molecule has 5 heteroatoms. The SMILES string of the molecule is c1ccc(N[C@@H]2CCCN(Cc3ccc(Oc4ncccn4)cc3)C2)cc1. The van der Waals surface area contributed by atoms with Gasteiger partial charge in [-0.15, -0.1) is 0 Å². The highest BCUT2D eigenvalue weighted by Crippen LogP contribution is 2.21. The first-order chi connectivity index (χ1) is 13.3. The van der Waals surface area contributed by atoms with Crippen LogP contribution in [0.25, 0.3) is 0 Å². The number of hydrogen-bond acceptors (Lipinski definition) is 5. The Bertz CT molecular complexity index is 824. The lowest BCUT2D eigenvalue weighted by molar-refractivity contribution is 0.208. The molecule has 1 aliphatic heterocycles. The zero-order valence-electron chi connectivity index (χ0n) is 15.3. The minimum Gasteiger partial charge on any atom is -0.424 e. The van der Waals surface area contributed by atoms with Crippen LogP contribution in [-0.2, 0) is 6.54 Å². The Balaban J connectivity index is 1.32. The van der Waals surface area contributed by atoms with E-state index in [4.69, 9.17) is 4.74 Å². The summed E-state index contributed by atoms with van der Waals surface area (Å²) in [4.78, 5) is 10.7. The minimum atomic E-state index is 0.371. The molecule has 27 heavy (non-hydrogen) atoms. The van der Waals surface area contributed by atoms with Gasteiger partial charge < -0.3 is 10.1 Å². The van der Waals surface area contributed by atoms with Crippen LogP contribution in [0, 0.1) is 0 Å². The van der Waals surface area contributed by atoms with Crippen molar-refractivity contribution in [2.24, 2.45) is 0 Å². The molecule has 1 aliphatic rings. The van der Waals surface area contributed by atoms with E-state index >= 15 is 0 Å². The second kappa shape index (κ2) is 8.64. The van der Waals surface area contributed by atoms with Gasteiger partial charge in [0.1, 0.15) is 5.75 Å². The molecule has 0 amide bonds. The van der Waals surface area contributed by atoms with Gasteiger partial charge >= 0.3 is 6.01 Å². The minimum absolute atomic E-state index is 0.371. The van der Waals surface area contributed by atoms with Gasteiger partial charge in [-0.3, -0.25) is 4.90 Å². The van der Waals surface area contributed by atoms with Crippen molar-refractivity contribution in [3.63, 3.8) is 0 Å². The van der Waals surface area contributed by atoms with Gasteiger partial charge in [0.2, 0.25) is 0 Å². The van der Waals surface area contributed by atoms with Crippen LogP contribution in [0.4, 0.5) is 5.69 Å². The smallest absolute Gasteiger partial charge is 0.321 e. The van der Waals surface area contributed by atoms with Crippen LogP contribution in [0.1, 0.15) is 18.4 Å². The lowest BCUT2D eigenvalue weighted by Gasteiger charge is -2.33. The molecule has 1 fully saturated rings. The number of para-hydroxylation sites is 1. The topological polar surface area (TPSA) is 50.3 Å². The highest BCUT2D eigenvalue weighted by molar-refractivity contribution is 5.43. The molecule has 1 saturated heterocycles. The highest BCUT2D eigenvalue weighted by Gasteiger charge is 2.19. The largest absolute Gasteiger partial charge is 0.424 e. The summed E-state index contributed by atoms with van der Waals surface area (Å²) in [5.74, 6) is 0.757. The van der Waals surface area contributed by atoms with Crippen LogP contribution in [-0.4, -0.2) is 34.0 Å². The summed E-state index contributed by atoms with van der Waals surface area (Å²) in [6.07, 6.45) is 5.78. The third-order valence-corrected chi connectivity index (χ3v) is 4.73. The Morgan fingerprint density at radius 3 is 2.52 bits per heavy atom. The zero-order chi connectivity index (χ0) is 18.3. The number of benzene rings is 2. The number of rotatable bonds is 6. The third kappa shape index (κ3) is 5.05. The molecule has 0 saturated carbocycles. The van der Waals surface area contributed by atoms with E-state index < -0.39 is 0 Å². The molecule has 5 nitrogen and oxygen atoms in total. The van der Waals surface area contributed by atoms with Gasteiger partial charge in [0, 0.05) is 37.2 Å². The fourth-order valence-corrected chi connectivity index (χ4v) is 3.45. The summed E-state index contributed by atoms with van der Waals surface area (Å²) in [7, 11) is 0. The van der Waals surface area contributed by atoms with Crippen molar-refractivity contribution >= 4 is 5.69 Å². The fraction of sp³-hybridized carbons (Fsp3) is 0.273. The van der Waals surface area contributed by atoms with Gasteiger partial charge in [0.15, 0.2) is 0 Å². The molecule has 1 aromatic heterocycles. The molecule has 1 atom stereocenters. The average Bonchev–Trinajstić information content (AvgIpc) is 2.71. The Morgan fingerprint density at radius 1 is 0.963 bits per heavy atom. The van der Waals surface area contributed by atoms with Crippen molar-refractivity contribution in [3.05, 3.63) is 78.6 Å². The molecular weight excluding hydrogens is 336 g/mol. The van der Waals surface area contributed by atoms with E-state index in [2.05, 4.69) is 62.6 Å². The molecule has 0 aliphatic carbocycles. The van der Waals surface area contributed by atoms with Crippen LogP contribution in [0.15, 0.2) is 73.1 Å². The molecular formula is C22H24N4O. The van der Waals surface area contributed by atoms with Crippen molar-refractivity contribution in [2.45, 2.75) is 25.4 Å². The van der Waals surface area contributed by atoms with Gasteiger partial charge in [-0.2, -0.15) is 0 Å². The molecule has 2 aromatic carbocycles. The maximum absolute atomic E-state index is 5.66. The second-order valence-corrected chi connectivity index (χ2v) is 6.86. The zero-order valence-corrected chi connectivity index (χ0v) is 15.3. The van der Waals surface area contributed by atoms with E-state index in [0.717, 1.165) is 25.4 Å². The van der Waals surface area contributed by atoms with Crippen molar-refractivity contribution in [3.8, 4) is 11.8 Å². The summed E-state index contributed by atoms with van der Waals surface area (Å²) in [5, 5.41) is 3.66. The van der Waals surface area contributed by atoms with E-state index in [0.29, 0.717) is 12.1 Å². The van der Waals surface area contributed by atoms with Crippen LogP contribution in [0.5, 0.6) is 11.8 Å². The van der Waals surface area contributed by atoms with Gasteiger partial charge in [-0.05, 0) is 55.3 Å². The van der Waals surface area contributed by atoms with Gasteiger partial charge in [-0.1, -0.05) is 30.3 Å². The number of nitrogens with zero attached hydrogens (tertiary/aromatic N) is 3. The third-order valence-electron chi connectivity index (χ3n) is 4.73. The normalized spacial score (nSPS) is 17.4. The standard InChI is InChI=1S/C22H24N4O/c1-2-6-19(7-3-1)25-20-8-4-15-26(17-20)16-18-9-11-21(12-10-18)27-22-23-13-5-14-24-22/h1-3,5-7,9-14,20,25H,4,8,15-17H2/t20-/m1/s1. The van der Waals surface area contributed by atoms with E-state index in [1.165, 1.54) is 24.1 Å². The molecule has 2 heterocycles. The predicted molar refractivity (Wildman–Crippen MR) is 107 cm³/mol. The maximum atomic E-state index is 5.66. The lowest BCUT2D eigenvalue weighted by Crippen LogP contribution is -2.41. The number of ether oxygens (including phenoxy) is 1. The highest BCUT2D eigenvalue weighted by atomic mass is 16.5. The van der Waals surface area contributed by atoms with Crippen LogP contribution >= 0.6 is 0 Å². The Kier molecular flexibility index (Phi) is 5.60. The molecule has 1 N–H and O–H groups in total. The van der Waals surface area contributed by atoms with Crippen LogP contribution < -0.4 is 10.1 Å². The van der Waals surface area contributed by atoms with Crippen molar-refractivity contribution < 1.29 is 4.74 Å². The van der Waals surface area contributed by atoms with E-state index in [1.54, 1.807) is 18.5 Å². The molecule has 0 bridgehead atoms. The number of piperidine rings is 1. The first-order valence-corrected chi connectivity index (χ1v) is 9.43. The van der Waals surface area contributed by atoms with E-state index in [-0.39, 0.29) is 0 Å². The number of nitrogens with one attached hydrogen (secondary N) is 1. The maximum Gasteiger partial charge on any atom is 0.321 e. The van der Waals surface area contributed by atoms with Crippen molar-refractivity contribution in [1.29, 1.82) is 0 Å². The van der Waals surface area contributed by atoms with Gasteiger partial charge in [0.25, 0.3) is 0 Å². The number of aromatic nitrogens is 2. The Labute approximate surface area is 160 Å². The lowest BCUT2D eigenvalue weighted by atomic mass is 10.0. The summed E-state index contributed by atoms with van der Waals surface area (Å²) < 4.78 is 5.66. The molecule has 0 spiro atoms. The Morgan fingerprint density at radius 2 is 1.74 bits per heavy atom. The summed E-state index contributed by atoms with van der Waals surface area (Å²) >= 11 is 0. The van der Waals surface area contributed by atoms with Gasteiger partial charge in [0.05, 0.1) is 0 Å². The molecule has 0 unspecified atom stereocenters. The van der Waals surface area contributed by atoms with Crippen LogP contribution in [0.2, 0.25) is 0 Å². The summed E-state index contributed by atoms with van der Waals surface area (Å²) in [5.41, 5.74) is 2.49. The molecule has 138 valence electrons. The number of likely N-dealkylation sites (tertiary alicyclic amines) is 1. The fourth-order valence-electron chi connectivity index (χ4n) is 3.45. The first kappa shape index (κ1) is 17.5. The number of anilines is 1. The average molecular weight is 360 g/mol. The second-order valence-electron chi connectivity index (χ2n) is 6.86. The first-order valence-electron chi connectivity index (χ1n) is 9.43. The monoisotopic (exact) mass is 360 g/mol. The predicted octanol–water partition coefficient (Wildman–Crippen LogP) is 4.35. The van der Waals surface area contributed by atoms with Gasteiger partial charge in [-0.25, -0.2) is 9.97 Å². The molecule has 0 radical (unpaired) electrons. The van der Waals surface area contributed by atoms with E-state index in [9.17, 15) is 0 Å².